The van der Waals surface area contributed by atoms with Gasteiger partial charge in [0.15, 0.2) is 0 Å². The molecule has 2 atom stereocenters. The standard InChI is InChI=1S/C12H15F3O/c1-2-3-8-11(16)9-6-4-5-7-10(9)12(13,14)15/h1,9-10H,3-8H2. The minimum absolute atomic E-state index is 0.0771. The van der Waals surface area contributed by atoms with Crippen molar-refractivity contribution in [2.24, 2.45) is 11.8 Å². The molecule has 0 heterocycles. The van der Waals surface area contributed by atoms with E-state index in [1.807, 2.05) is 0 Å². The van der Waals surface area contributed by atoms with Gasteiger partial charge in [-0.25, -0.2) is 0 Å². The average molecular weight is 232 g/mol. The van der Waals surface area contributed by atoms with Crippen molar-refractivity contribution in [3.63, 3.8) is 0 Å². The first-order chi connectivity index (χ1) is 7.46. The number of Topliss-reactive ketones (excluding diaryl/α,β-unsaturated/α-hetero) is 1. The number of ketones is 1. The quantitative estimate of drug-likeness (QED) is 0.682. The number of alkyl halides is 3. The van der Waals surface area contributed by atoms with Gasteiger partial charge >= 0.3 is 6.18 Å². The zero-order valence-corrected chi connectivity index (χ0v) is 9.02. The maximum Gasteiger partial charge on any atom is 0.392 e. The molecule has 0 aromatic rings. The fraction of sp³-hybridized carbons (Fsp3) is 0.750. The zero-order valence-electron chi connectivity index (χ0n) is 9.02. The third-order valence-electron chi connectivity index (χ3n) is 3.12. The highest BCUT2D eigenvalue weighted by atomic mass is 19.4. The van der Waals surface area contributed by atoms with E-state index in [2.05, 4.69) is 5.92 Å². The van der Waals surface area contributed by atoms with Gasteiger partial charge in [0.1, 0.15) is 5.78 Å². The molecule has 0 aromatic carbocycles. The van der Waals surface area contributed by atoms with Gasteiger partial charge in [-0.2, -0.15) is 13.2 Å². The summed E-state index contributed by atoms with van der Waals surface area (Å²) in [6.45, 7) is 0. The SMILES string of the molecule is C#CCCC(=O)C1CCCCC1C(F)(F)F. The second-order valence-corrected chi connectivity index (χ2v) is 4.21. The predicted molar refractivity (Wildman–Crippen MR) is 54.6 cm³/mol. The summed E-state index contributed by atoms with van der Waals surface area (Å²) < 4.78 is 38.0. The van der Waals surface area contributed by atoms with Crippen molar-refractivity contribution in [3.05, 3.63) is 0 Å². The molecule has 0 saturated heterocycles. The summed E-state index contributed by atoms with van der Waals surface area (Å²) in [7, 11) is 0. The van der Waals surface area contributed by atoms with Crippen LogP contribution in [-0.4, -0.2) is 12.0 Å². The average Bonchev–Trinajstić information content (AvgIpc) is 2.24. The Morgan fingerprint density at radius 2 is 1.94 bits per heavy atom. The lowest BCUT2D eigenvalue weighted by Gasteiger charge is -2.31. The van der Waals surface area contributed by atoms with Gasteiger partial charge in [-0.05, 0) is 12.8 Å². The molecule has 0 N–H and O–H groups in total. The van der Waals surface area contributed by atoms with Gasteiger partial charge in [-0.15, -0.1) is 12.3 Å². The first kappa shape index (κ1) is 13.1. The molecule has 90 valence electrons. The van der Waals surface area contributed by atoms with E-state index >= 15 is 0 Å². The minimum atomic E-state index is -4.25. The summed E-state index contributed by atoms with van der Waals surface area (Å²) in [4.78, 5) is 11.6. The maximum absolute atomic E-state index is 12.7. The Morgan fingerprint density at radius 1 is 1.31 bits per heavy atom. The highest BCUT2D eigenvalue weighted by molar-refractivity contribution is 5.81. The van der Waals surface area contributed by atoms with Crippen LogP contribution in [0.25, 0.3) is 0 Å². The molecule has 0 amide bonds. The van der Waals surface area contributed by atoms with Gasteiger partial charge in [-0.1, -0.05) is 12.8 Å². The van der Waals surface area contributed by atoms with Gasteiger partial charge in [0.2, 0.25) is 0 Å². The lowest BCUT2D eigenvalue weighted by Crippen LogP contribution is -2.37. The van der Waals surface area contributed by atoms with Crippen LogP contribution in [0.5, 0.6) is 0 Å². The minimum Gasteiger partial charge on any atom is -0.299 e. The molecule has 0 aromatic heterocycles. The Labute approximate surface area is 93.4 Å². The van der Waals surface area contributed by atoms with E-state index in [0.29, 0.717) is 19.3 Å². The molecule has 0 radical (unpaired) electrons. The Kier molecular flexibility index (Phi) is 4.40. The Balaban J connectivity index is 2.67. The normalized spacial score (nSPS) is 26.1. The molecule has 16 heavy (non-hydrogen) atoms. The molecule has 1 aliphatic rings. The molecule has 0 spiro atoms. The van der Waals surface area contributed by atoms with Crippen molar-refractivity contribution < 1.29 is 18.0 Å². The van der Waals surface area contributed by atoms with Crippen LogP contribution in [0.3, 0.4) is 0 Å². The largest absolute Gasteiger partial charge is 0.392 e. The third-order valence-corrected chi connectivity index (χ3v) is 3.12. The number of hydrogen-bond donors (Lipinski definition) is 0. The van der Waals surface area contributed by atoms with Crippen LogP contribution in [-0.2, 0) is 4.79 Å². The van der Waals surface area contributed by atoms with Crippen molar-refractivity contribution in [2.75, 3.05) is 0 Å². The van der Waals surface area contributed by atoms with Crippen LogP contribution in [0.15, 0.2) is 0 Å². The monoisotopic (exact) mass is 232 g/mol. The summed E-state index contributed by atoms with van der Waals surface area (Å²) in [6, 6.07) is 0. The van der Waals surface area contributed by atoms with E-state index in [9.17, 15) is 18.0 Å². The van der Waals surface area contributed by atoms with Crippen LogP contribution in [0.2, 0.25) is 0 Å². The van der Waals surface area contributed by atoms with E-state index in [1.165, 1.54) is 0 Å². The fourth-order valence-electron chi connectivity index (χ4n) is 2.29. The molecule has 4 heteroatoms. The Hall–Kier alpha value is -0.980. The Morgan fingerprint density at radius 3 is 2.50 bits per heavy atom. The van der Waals surface area contributed by atoms with Gasteiger partial charge in [-0.3, -0.25) is 4.79 Å². The van der Waals surface area contributed by atoms with Crippen LogP contribution in [0, 0.1) is 24.2 Å². The number of terminal acetylenes is 1. The topological polar surface area (TPSA) is 17.1 Å². The molecular weight excluding hydrogens is 217 g/mol. The Bertz CT molecular complexity index is 288. The number of carbonyl (C=O) groups is 1. The molecule has 1 rings (SSSR count). The van der Waals surface area contributed by atoms with E-state index in [1.54, 1.807) is 0 Å². The van der Waals surface area contributed by atoms with Gasteiger partial charge in [0, 0.05) is 18.8 Å². The van der Waals surface area contributed by atoms with Crippen LogP contribution >= 0.6 is 0 Å². The predicted octanol–water partition coefficient (Wildman–Crippen LogP) is 3.34. The van der Waals surface area contributed by atoms with Crippen LogP contribution in [0.4, 0.5) is 13.2 Å². The lowest BCUT2D eigenvalue weighted by molar-refractivity contribution is -0.197. The smallest absolute Gasteiger partial charge is 0.299 e. The van der Waals surface area contributed by atoms with Gasteiger partial charge < -0.3 is 0 Å². The summed E-state index contributed by atoms with van der Waals surface area (Å²) in [5, 5.41) is 0. The number of halogens is 3. The van der Waals surface area contributed by atoms with Crippen LogP contribution < -0.4 is 0 Å². The first-order valence-electron chi connectivity index (χ1n) is 5.49. The number of hydrogen-bond acceptors (Lipinski definition) is 1. The van der Waals surface area contributed by atoms with Gasteiger partial charge in [0.25, 0.3) is 0 Å². The summed E-state index contributed by atoms with van der Waals surface area (Å²) in [5.41, 5.74) is 0. The molecule has 2 unspecified atom stereocenters. The highest BCUT2D eigenvalue weighted by Gasteiger charge is 2.47. The molecule has 1 saturated carbocycles. The highest BCUT2D eigenvalue weighted by Crippen LogP contribution is 2.42. The summed E-state index contributed by atoms with van der Waals surface area (Å²) in [5.74, 6) is -0.342. The van der Waals surface area contributed by atoms with Crippen LogP contribution in [0.1, 0.15) is 38.5 Å². The van der Waals surface area contributed by atoms with Crippen molar-refractivity contribution in [1.29, 1.82) is 0 Å². The van der Waals surface area contributed by atoms with Crippen molar-refractivity contribution in [1.82, 2.24) is 0 Å². The molecule has 1 aliphatic carbocycles. The third kappa shape index (κ3) is 3.26. The zero-order chi connectivity index (χ0) is 12.2. The fourth-order valence-corrected chi connectivity index (χ4v) is 2.29. The second kappa shape index (κ2) is 5.38. The van der Waals surface area contributed by atoms with E-state index < -0.39 is 18.0 Å². The summed E-state index contributed by atoms with van der Waals surface area (Å²) in [6.07, 6.45) is 2.76. The maximum atomic E-state index is 12.7. The molecule has 1 fully saturated rings. The molecular formula is C12H15F3O. The van der Waals surface area contributed by atoms with Crippen molar-refractivity contribution >= 4 is 5.78 Å². The molecule has 1 nitrogen and oxygen atoms in total. The van der Waals surface area contributed by atoms with E-state index in [-0.39, 0.29) is 25.0 Å². The number of carbonyl (C=O) groups excluding carboxylic acids is 1. The van der Waals surface area contributed by atoms with Crippen molar-refractivity contribution in [2.45, 2.75) is 44.7 Å². The molecule has 0 aliphatic heterocycles. The van der Waals surface area contributed by atoms with Gasteiger partial charge in [0.05, 0.1) is 5.92 Å². The molecule has 0 bridgehead atoms. The summed E-state index contributed by atoms with van der Waals surface area (Å²) >= 11 is 0. The first-order valence-corrected chi connectivity index (χ1v) is 5.49. The lowest BCUT2D eigenvalue weighted by atomic mass is 9.75. The van der Waals surface area contributed by atoms with E-state index in [0.717, 1.165) is 0 Å². The van der Waals surface area contributed by atoms with Crippen molar-refractivity contribution in [3.8, 4) is 12.3 Å². The number of rotatable bonds is 3. The van der Waals surface area contributed by atoms with E-state index in [4.69, 9.17) is 6.42 Å². The second-order valence-electron chi connectivity index (χ2n) is 4.21.